The molecule has 21 heavy (non-hydrogen) atoms. The zero-order valence-electron chi connectivity index (χ0n) is 10.8. The molecule has 0 fully saturated rings. The van der Waals surface area contributed by atoms with Crippen LogP contribution >= 0.6 is 11.6 Å². The third kappa shape index (κ3) is 3.90. The van der Waals surface area contributed by atoms with Gasteiger partial charge in [-0.25, -0.2) is 4.39 Å². The summed E-state index contributed by atoms with van der Waals surface area (Å²) < 4.78 is 18.7. The second-order valence-electron chi connectivity index (χ2n) is 4.29. The number of nitrogens with zero attached hydrogens (tertiary/aromatic N) is 1. The summed E-state index contributed by atoms with van der Waals surface area (Å²) in [5.74, 6) is -0.356. The lowest BCUT2D eigenvalue weighted by Gasteiger charge is -2.09. The Balaban J connectivity index is 2.14. The average Bonchev–Trinajstić information content (AvgIpc) is 2.45. The van der Waals surface area contributed by atoms with E-state index >= 15 is 0 Å². The van der Waals surface area contributed by atoms with Crippen molar-refractivity contribution < 1.29 is 19.2 Å². The number of aliphatic hydroxyl groups is 1. The van der Waals surface area contributed by atoms with Crippen LogP contribution in [-0.4, -0.2) is 10.0 Å². The molecule has 0 aliphatic carbocycles. The molecule has 0 aliphatic heterocycles. The van der Waals surface area contributed by atoms with Crippen LogP contribution < -0.4 is 4.74 Å². The highest BCUT2D eigenvalue weighted by molar-refractivity contribution is 6.32. The molecule has 0 saturated heterocycles. The molecule has 7 heteroatoms. The number of rotatable bonds is 5. The first-order chi connectivity index (χ1) is 9.99. The van der Waals surface area contributed by atoms with Crippen LogP contribution in [0.25, 0.3) is 0 Å². The van der Waals surface area contributed by atoms with Crippen molar-refractivity contribution in [3.63, 3.8) is 0 Å². The van der Waals surface area contributed by atoms with Crippen LogP contribution in [-0.2, 0) is 13.2 Å². The van der Waals surface area contributed by atoms with Crippen molar-refractivity contribution in [2.45, 2.75) is 13.2 Å². The van der Waals surface area contributed by atoms with E-state index in [4.69, 9.17) is 21.4 Å². The van der Waals surface area contributed by atoms with Crippen LogP contribution in [0.2, 0.25) is 5.02 Å². The Morgan fingerprint density at radius 3 is 2.62 bits per heavy atom. The lowest BCUT2D eigenvalue weighted by Crippen LogP contribution is -1.99. The molecule has 0 saturated carbocycles. The SMILES string of the molecule is O=[N+]([O-])c1cc(F)cc(COc2ccc(CO)cc2Cl)c1. The Bertz CT molecular complexity index is 678. The quantitative estimate of drug-likeness (QED) is 0.678. The Morgan fingerprint density at radius 2 is 2.00 bits per heavy atom. The Kier molecular flexibility index (Phi) is 4.72. The van der Waals surface area contributed by atoms with E-state index in [1.165, 1.54) is 6.07 Å². The minimum atomic E-state index is -0.704. The number of aliphatic hydroxyl groups excluding tert-OH is 1. The zero-order valence-corrected chi connectivity index (χ0v) is 11.5. The van der Waals surface area contributed by atoms with Gasteiger partial charge in [-0.1, -0.05) is 17.7 Å². The van der Waals surface area contributed by atoms with Gasteiger partial charge in [0.15, 0.2) is 0 Å². The molecular formula is C14H11ClFNO4. The fourth-order valence-electron chi connectivity index (χ4n) is 1.74. The number of nitro groups is 1. The molecule has 110 valence electrons. The summed E-state index contributed by atoms with van der Waals surface area (Å²) in [5, 5.41) is 19.9. The maximum atomic E-state index is 13.3. The van der Waals surface area contributed by atoms with E-state index in [1.807, 2.05) is 0 Å². The maximum Gasteiger partial charge on any atom is 0.272 e. The van der Waals surface area contributed by atoms with Crippen molar-refractivity contribution in [2.24, 2.45) is 0 Å². The van der Waals surface area contributed by atoms with Gasteiger partial charge in [0.2, 0.25) is 0 Å². The van der Waals surface area contributed by atoms with Crippen LogP contribution in [0.1, 0.15) is 11.1 Å². The van der Waals surface area contributed by atoms with Gasteiger partial charge in [0.05, 0.1) is 22.6 Å². The van der Waals surface area contributed by atoms with E-state index in [-0.39, 0.29) is 18.9 Å². The lowest BCUT2D eigenvalue weighted by molar-refractivity contribution is -0.385. The summed E-state index contributed by atoms with van der Waals surface area (Å²) in [5.41, 5.74) is 0.619. The number of halogens is 2. The largest absolute Gasteiger partial charge is 0.487 e. The summed E-state index contributed by atoms with van der Waals surface area (Å²) in [7, 11) is 0. The molecule has 0 bridgehead atoms. The van der Waals surface area contributed by atoms with Crippen LogP contribution in [0.3, 0.4) is 0 Å². The Labute approximate surface area is 124 Å². The molecule has 1 N–H and O–H groups in total. The van der Waals surface area contributed by atoms with Gasteiger partial charge in [0.25, 0.3) is 5.69 Å². The second kappa shape index (κ2) is 6.51. The average molecular weight is 312 g/mol. The molecule has 0 heterocycles. The lowest BCUT2D eigenvalue weighted by atomic mass is 10.2. The predicted molar refractivity (Wildman–Crippen MR) is 74.8 cm³/mol. The third-order valence-corrected chi connectivity index (χ3v) is 3.02. The van der Waals surface area contributed by atoms with Crippen molar-refractivity contribution in [3.8, 4) is 5.75 Å². The number of hydrogen-bond acceptors (Lipinski definition) is 4. The van der Waals surface area contributed by atoms with Crippen LogP contribution in [0.5, 0.6) is 5.75 Å². The van der Waals surface area contributed by atoms with Gasteiger partial charge >= 0.3 is 0 Å². The molecule has 0 amide bonds. The molecule has 5 nitrogen and oxygen atoms in total. The Hall–Kier alpha value is -2.18. The van der Waals surface area contributed by atoms with Crippen molar-refractivity contribution in [1.82, 2.24) is 0 Å². The van der Waals surface area contributed by atoms with Gasteiger partial charge in [-0.3, -0.25) is 10.1 Å². The van der Waals surface area contributed by atoms with Crippen molar-refractivity contribution in [3.05, 3.63) is 68.5 Å². The van der Waals surface area contributed by atoms with Gasteiger partial charge < -0.3 is 9.84 Å². The van der Waals surface area contributed by atoms with Gasteiger partial charge in [-0.15, -0.1) is 0 Å². The van der Waals surface area contributed by atoms with Crippen LogP contribution in [0.15, 0.2) is 36.4 Å². The summed E-state index contributed by atoms with van der Waals surface area (Å²) in [6.45, 7) is -0.202. The van der Waals surface area contributed by atoms with Crippen molar-refractivity contribution in [2.75, 3.05) is 0 Å². The number of hydrogen-bond donors (Lipinski definition) is 1. The minimum absolute atomic E-state index is 0.0587. The molecule has 0 spiro atoms. The van der Waals surface area contributed by atoms with E-state index in [0.29, 0.717) is 21.9 Å². The summed E-state index contributed by atoms with van der Waals surface area (Å²) >= 11 is 5.97. The second-order valence-corrected chi connectivity index (χ2v) is 4.69. The number of nitro benzene ring substituents is 1. The van der Waals surface area contributed by atoms with Gasteiger partial charge in [0, 0.05) is 6.07 Å². The summed E-state index contributed by atoms with van der Waals surface area (Å²) in [6, 6.07) is 7.98. The highest BCUT2D eigenvalue weighted by atomic mass is 35.5. The number of non-ortho nitro benzene ring substituents is 1. The van der Waals surface area contributed by atoms with Crippen LogP contribution in [0.4, 0.5) is 10.1 Å². The van der Waals surface area contributed by atoms with E-state index in [2.05, 4.69) is 0 Å². The first-order valence-corrected chi connectivity index (χ1v) is 6.33. The first-order valence-electron chi connectivity index (χ1n) is 5.95. The monoisotopic (exact) mass is 311 g/mol. The van der Waals surface area contributed by atoms with Crippen molar-refractivity contribution >= 4 is 17.3 Å². The molecule has 0 unspecified atom stereocenters. The molecule has 0 aliphatic rings. The van der Waals surface area contributed by atoms with Gasteiger partial charge in [0.1, 0.15) is 18.2 Å². The zero-order chi connectivity index (χ0) is 15.4. The smallest absolute Gasteiger partial charge is 0.272 e. The molecule has 0 atom stereocenters. The topological polar surface area (TPSA) is 72.6 Å². The van der Waals surface area contributed by atoms with E-state index < -0.39 is 10.7 Å². The van der Waals surface area contributed by atoms with Gasteiger partial charge in [-0.2, -0.15) is 0 Å². The van der Waals surface area contributed by atoms with E-state index in [0.717, 1.165) is 12.1 Å². The highest BCUT2D eigenvalue weighted by Gasteiger charge is 2.11. The summed E-state index contributed by atoms with van der Waals surface area (Å²) in [6.07, 6.45) is 0. The normalized spacial score (nSPS) is 10.4. The highest BCUT2D eigenvalue weighted by Crippen LogP contribution is 2.27. The molecule has 0 radical (unpaired) electrons. The summed E-state index contributed by atoms with van der Waals surface area (Å²) in [4.78, 5) is 9.99. The fraction of sp³-hybridized carbons (Fsp3) is 0.143. The third-order valence-electron chi connectivity index (χ3n) is 2.73. The molecular weight excluding hydrogens is 301 g/mol. The predicted octanol–water partition coefficient (Wildman–Crippen LogP) is 3.46. The van der Waals surface area contributed by atoms with E-state index in [1.54, 1.807) is 18.2 Å². The van der Waals surface area contributed by atoms with Crippen molar-refractivity contribution in [1.29, 1.82) is 0 Å². The fourth-order valence-corrected chi connectivity index (χ4v) is 2.00. The number of ether oxygens (including phenoxy) is 1. The standard InChI is InChI=1S/C14H11ClFNO4/c15-13-5-9(7-18)1-2-14(13)21-8-10-3-11(16)6-12(4-10)17(19)20/h1-6,18H,7-8H2. The molecule has 2 aromatic rings. The molecule has 0 aromatic heterocycles. The number of benzene rings is 2. The van der Waals surface area contributed by atoms with Crippen LogP contribution in [0, 0.1) is 15.9 Å². The molecule has 2 aromatic carbocycles. The Morgan fingerprint density at radius 1 is 1.24 bits per heavy atom. The van der Waals surface area contributed by atoms with Gasteiger partial charge in [-0.05, 0) is 29.3 Å². The minimum Gasteiger partial charge on any atom is -0.487 e. The van der Waals surface area contributed by atoms with E-state index in [9.17, 15) is 14.5 Å². The molecule has 2 rings (SSSR count). The first kappa shape index (κ1) is 15.2. The maximum absolute atomic E-state index is 13.3.